The first-order chi connectivity index (χ1) is 10.1. The van der Waals surface area contributed by atoms with Crippen LogP contribution in [0.2, 0.25) is 0 Å². The van der Waals surface area contributed by atoms with Crippen LogP contribution in [-0.2, 0) is 6.61 Å². The summed E-state index contributed by atoms with van der Waals surface area (Å²) in [5.41, 5.74) is -0.365. The monoisotopic (exact) mass is 291 g/mol. The molecule has 2 aromatic carbocycles. The fourth-order valence-electron chi connectivity index (χ4n) is 1.71. The highest BCUT2D eigenvalue weighted by molar-refractivity contribution is 5.75. The lowest BCUT2D eigenvalue weighted by molar-refractivity contribution is 0.112. The van der Waals surface area contributed by atoms with Crippen LogP contribution in [-0.4, -0.2) is 6.29 Å². The maximum Gasteiger partial charge on any atom is 0.191 e. The first kappa shape index (κ1) is 14.6. The molecule has 21 heavy (non-hydrogen) atoms. The van der Waals surface area contributed by atoms with Gasteiger partial charge >= 0.3 is 0 Å². The van der Waals surface area contributed by atoms with E-state index in [4.69, 9.17) is 10.00 Å². The molecule has 0 spiro atoms. The predicted molar refractivity (Wildman–Crippen MR) is 67.2 cm³/mol. The lowest BCUT2D eigenvalue weighted by atomic mass is 10.1. The van der Waals surface area contributed by atoms with Crippen molar-refractivity contribution in [3.05, 3.63) is 64.5 Å². The van der Waals surface area contributed by atoms with Gasteiger partial charge in [0.05, 0.1) is 5.56 Å². The molecule has 0 aliphatic heterocycles. The minimum atomic E-state index is -1.06. The third-order valence-electron chi connectivity index (χ3n) is 2.73. The molecule has 0 aromatic heterocycles. The number of carbonyl (C=O) groups is 1. The Kier molecular flexibility index (Phi) is 4.24. The maximum absolute atomic E-state index is 13.8. The molecule has 0 amide bonds. The minimum Gasteiger partial charge on any atom is -0.483 e. The molecule has 0 bridgehead atoms. The maximum atomic E-state index is 13.8. The Morgan fingerprint density at radius 2 is 1.86 bits per heavy atom. The van der Waals surface area contributed by atoms with Crippen molar-refractivity contribution in [1.29, 1.82) is 5.26 Å². The van der Waals surface area contributed by atoms with Crippen molar-refractivity contribution >= 4 is 6.29 Å². The molecule has 2 aromatic rings. The van der Waals surface area contributed by atoms with E-state index in [1.54, 1.807) is 6.07 Å². The quantitative estimate of drug-likeness (QED) is 0.811. The Labute approximate surface area is 118 Å². The number of benzene rings is 2. The average Bonchev–Trinajstić information content (AvgIpc) is 2.47. The Balaban J connectivity index is 2.25. The van der Waals surface area contributed by atoms with E-state index in [1.165, 1.54) is 18.2 Å². The largest absolute Gasteiger partial charge is 0.483 e. The number of hydrogen-bond acceptors (Lipinski definition) is 3. The number of nitriles is 1. The van der Waals surface area contributed by atoms with Crippen molar-refractivity contribution in [3.63, 3.8) is 0 Å². The second-order valence-electron chi connectivity index (χ2n) is 4.11. The fraction of sp³-hybridized carbons (Fsp3) is 0.0667. The normalized spacial score (nSPS) is 10.0. The summed E-state index contributed by atoms with van der Waals surface area (Å²) >= 11 is 0. The topological polar surface area (TPSA) is 50.1 Å². The van der Waals surface area contributed by atoms with Gasteiger partial charge in [0, 0.05) is 11.1 Å². The SMILES string of the molecule is N#Cc1cccc(COc2c(F)cc(C=O)cc2F)c1F. The molecule has 0 heterocycles. The summed E-state index contributed by atoms with van der Waals surface area (Å²) in [4.78, 5) is 10.5. The molecule has 3 nitrogen and oxygen atoms in total. The highest BCUT2D eigenvalue weighted by Gasteiger charge is 2.14. The van der Waals surface area contributed by atoms with E-state index in [0.717, 1.165) is 12.1 Å². The number of hydrogen-bond donors (Lipinski definition) is 0. The molecular formula is C15H8F3NO2. The van der Waals surface area contributed by atoms with E-state index in [0.29, 0.717) is 6.29 Å². The molecule has 0 unspecified atom stereocenters. The van der Waals surface area contributed by atoms with E-state index in [2.05, 4.69) is 0 Å². The van der Waals surface area contributed by atoms with Crippen molar-refractivity contribution in [2.75, 3.05) is 0 Å². The van der Waals surface area contributed by atoms with Gasteiger partial charge in [0.15, 0.2) is 17.4 Å². The lowest BCUT2D eigenvalue weighted by Crippen LogP contribution is -2.03. The van der Waals surface area contributed by atoms with E-state index in [1.807, 2.05) is 0 Å². The average molecular weight is 291 g/mol. The Morgan fingerprint density at radius 3 is 2.43 bits per heavy atom. The minimum absolute atomic E-state index is 0.00712. The van der Waals surface area contributed by atoms with Gasteiger partial charge in [-0.15, -0.1) is 0 Å². The van der Waals surface area contributed by atoms with E-state index >= 15 is 0 Å². The molecule has 0 saturated heterocycles. The van der Waals surface area contributed by atoms with Crippen molar-refractivity contribution in [2.45, 2.75) is 6.61 Å². The zero-order valence-corrected chi connectivity index (χ0v) is 10.6. The standard InChI is InChI=1S/C15H8F3NO2/c16-12-4-9(7-20)5-13(17)15(12)21-8-11-3-1-2-10(6-19)14(11)18/h1-5,7H,8H2. The Bertz CT molecular complexity index is 715. The van der Waals surface area contributed by atoms with Crippen LogP contribution in [0.15, 0.2) is 30.3 Å². The van der Waals surface area contributed by atoms with Crippen LogP contribution in [0, 0.1) is 28.8 Å². The second kappa shape index (κ2) is 6.09. The summed E-state index contributed by atoms with van der Waals surface area (Å²) in [5, 5.41) is 8.69. The van der Waals surface area contributed by atoms with Crippen LogP contribution >= 0.6 is 0 Å². The van der Waals surface area contributed by atoms with Crippen LogP contribution < -0.4 is 4.74 Å². The highest BCUT2D eigenvalue weighted by Crippen LogP contribution is 2.24. The molecule has 0 aliphatic rings. The van der Waals surface area contributed by atoms with Gasteiger partial charge in [-0.25, -0.2) is 13.2 Å². The summed E-state index contributed by atoms with van der Waals surface area (Å²) in [7, 11) is 0. The van der Waals surface area contributed by atoms with Crippen molar-refractivity contribution in [2.24, 2.45) is 0 Å². The first-order valence-corrected chi connectivity index (χ1v) is 5.81. The van der Waals surface area contributed by atoms with Gasteiger partial charge in [-0.1, -0.05) is 12.1 Å². The van der Waals surface area contributed by atoms with Gasteiger partial charge in [-0.2, -0.15) is 5.26 Å². The van der Waals surface area contributed by atoms with Crippen molar-refractivity contribution in [3.8, 4) is 11.8 Å². The highest BCUT2D eigenvalue weighted by atomic mass is 19.1. The number of aldehydes is 1. The van der Waals surface area contributed by atoms with Crippen molar-refractivity contribution < 1.29 is 22.7 Å². The second-order valence-corrected chi connectivity index (χ2v) is 4.11. The summed E-state index contributed by atoms with van der Waals surface area (Å²) in [6.45, 7) is -0.449. The number of rotatable bonds is 4. The summed E-state index contributed by atoms with van der Waals surface area (Å²) in [6, 6.07) is 7.33. The van der Waals surface area contributed by atoms with E-state index in [9.17, 15) is 18.0 Å². The lowest BCUT2D eigenvalue weighted by Gasteiger charge is -2.10. The molecule has 2 rings (SSSR count). The molecule has 6 heteroatoms. The summed E-state index contributed by atoms with van der Waals surface area (Å²) in [5.74, 6) is -3.63. The van der Waals surface area contributed by atoms with Gasteiger partial charge in [0.2, 0.25) is 0 Å². The molecule has 0 radical (unpaired) electrons. The Hall–Kier alpha value is -2.81. The molecule has 0 N–H and O–H groups in total. The number of carbonyl (C=O) groups excluding carboxylic acids is 1. The van der Waals surface area contributed by atoms with E-state index < -0.39 is 29.8 Å². The third-order valence-corrected chi connectivity index (χ3v) is 2.73. The molecular weight excluding hydrogens is 283 g/mol. The van der Waals surface area contributed by atoms with Crippen LogP contribution in [0.1, 0.15) is 21.5 Å². The van der Waals surface area contributed by atoms with Crippen LogP contribution in [0.5, 0.6) is 5.75 Å². The number of nitrogens with zero attached hydrogens (tertiary/aromatic N) is 1. The zero-order chi connectivity index (χ0) is 15.4. The summed E-state index contributed by atoms with van der Waals surface area (Å²) in [6.07, 6.45) is 0.298. The van der Waals surface area contributed by atoms with Gasteiger partial charge in [-0.3, -0.25) is 4.79 Å². The third kappa shape index (κ3) is 3.03. The van der Waals surface area contributed by atoms with Gasteiger partial charge in [-0.05, 0) is 18.2 Å². The summed E-state index contributed by atoms with van der Waals surface area (Å²) < 4.78 is 45.8. The molecule has 0 saturated carbocycles. The molecule has 106 valence electrons. The Morgan fingerprint density at radius 1 is 1.19 bits per heavy atom. The molecule has 0 aliphatic carbocycles. The first-order valence-electron chi connectivity index (χ1n) is 5.81. The zero-order valence-electron chi connectivity index (χ0n) is 10.6. The number of halogens is 3. The van der Waals surface area contributed by atoms with Crippen molar-refractivity contribution in [1.82, 2.24) is 0 Å². The van der Waals surface area contributed by atoms with E-state index in [-0.39, 0.29) is 16.7 Å². The number of ether oxygens (including phenoxy) is 1. The van der Waals surface area contributed by atoms with Crippen LogP contribution in [0.4, 0.5) is 13.2 Å². The molecule has 0 atom stereocenters. The molecule has 0 fully saturated rings. The van der Waals surface area contributed by atoms with Crippen LogP contribution in [0.25, 0.3) is 0 Å². The smallest absolute Gasteiger partial charge is 0.191 e. The van der Waals surface area contributed by atoms with Gasteiger partial charge in [0.1, 0.15) is 24.8 Å². The van der Waals surface area contributed by atoms with Gasteiger partial charge < -0.3 is 4.74 Å². The van der Waals surface area contributed by atoms with Gasteiger partial charge in [0.25, 0.3) is 0 Å². The fourth-order valence-corrected chi connectivity index (χ4v) is 1.71. The predicted octanol–water partition coefficient (Wildman–Crippen LogP) is 3.37. The van der Waals surface area contributed by atoms with Crippen LogP contribution in [0.3, 0.4) is 0 Å².